The Balaban J connectivity index is 1.93. The molecule has 0 aromatic carbocycles. The largest absolute Gasteiger partial charge is 0.468 e. The Bertz CT molecular complexity index is 316. The molecule has 5 nitrogen and oxygen atoms in total. The van der Waals surface area contributed by atoms with Crippen molar-refractivity contribution in [3.63, 3.8) is 0 Å². The minimum absolute atomic E-state index is 0.260. The van der Waals surface area contributed by atoms with Crippen LogP contribution in [0.2, 0.25) is 0 Å². The van der Waals surface area contributed by atoms with E-state index in [0.717, 1.165) is 51.6 Å². The number of ether oxygens (including phenoxy) is 2. The molecule has 1 aliphatic heterocycles. The van der Waals surface area contributed by atoms with E-state index >= 15 is 0 Å². The molecule has 2 atom stereocenters. The molecule has 2 aliphatic rings. The predicted molar refractivity (Wildman–Crippen MR) is 72.8 cm³/mol. The molecule has 2 rings (SSSR count). The highest BCUT2D eigenvalue weighted by Crippen LogP contribution is 2.32. The fourth-order valence-electron chi connectivity index (χ4n) is 3.45. The minimum atomic E-state index is -0.782. The second kappa shape index (κ2) is 6.20. The van der Waals surface area contributed by atoms with Gasteiger partial charge in [-0.2, -0.15) is 0 Å². The number of carbonyl (C=O) groups is 1. The van der Waals surface area contributed by atoms with E-state index in [1.165, 1.54) is 7.11 Å². The second-order valence-electron chi connectivity index (χ2n) is 5.87. The zero-order chi connectivity index (χ0) is 13.9. The van der Waals surface area contributed by atoms with Crippen LogP contribution in [0.25, 0.3) is 0 Å². The molecular weight excluding hydrogens is 244 g/mol. The van der Waals surface area contributed by atoms with Gasteiger partial charge in [-0.25, -0.2) is 0 Å². The first-order chi connectivity index (χ1) is 9.09. The Morgan fingerprint density at radius 1 is 1.26 bits per heavy atom. The molecule has 5 heteroatoms. The van der Waals surface area contributed by atoms with E-state index in [1.807, 2.05) is 0 Å². The third-order valence-corrected chi connectivity index (χ3v) is 4.68. The molecule has 1 saturated heterocycles. The molecule has 0 aromatic heterocycles. The van der Waals surface area contributed by atoms with Gasteiger partial charge in [-0.3, -0.25) is 4.79 Å². The van der Waals surface area contributed by atoms with Crippen molar-refractivity contribution in [3.8, 4) is 0 Å². The molecule has 0 amide bonds. The van der Waals surface area contributed by atoms with Gasteiger partial charge in [0, 0.05) is 26.2 Å². The molecule has 1 aliphatic carbocycles. The Hall–Kier alpha value is -0.650. The zero-order valence-corrected chi connectivity index (χ0v) is 12.1. The third-order valence-electron chi connectivity index (χ3n) is 4.68. The molecule has 2 fully saturated rings. The van der Waals surface area contributed by atoms with Crippen molar-refractivity contribution < 1.29 is 14.3 Å². The summed E-state index contributed by atoms with van der Waals surface area (Å²) in [7, 11) is 3.20. The van der Waals surface area contributed by atoms with Crippen LogP contribution in [-0.4, -0.2) is 55.9 Å². The first-order valence-corrected chi connectivity index (χ1v) is 7.23. The number of methoxy groups -OCH3 is 2. The summed E-state index contributed by atoms with van der Waals surface area (Å²) in [6.07, 6.45) is 6.13. The standard InChI is InChI=1S/C14H26N2O3/c1-18-12-5-8-16(9-6-12)11-4-3-7-14(15,10-11)13(17)19-2/h11-12H,3-10,15H2,1-2H3. The van der Waals surface area contributed by atoms with Gasteiger partial charge >= 0.3 is 5.97 Å². The van der Waals surface area contributed by atoms with E-state index < -0.39 is 5.54 Å². The number of hydrogen-bond donors (Lipinski definition) is 1. The molecule has 110 valence electrons. The summed E-state index contributed by atoms with van der Waals surface area (Å²) in [6, 6.07) is 0.413. The topological polar surface area (TPSA) is 64.8 Å². The first kappa shape index (κ1) is 14.8. The van der Waals surface area contributed by atoms with Gasteiger partial charge in [-0.1, -0.05) is 0 Å². The Labute approximate surface area is 115 Å². The third kappa shape index (κ3) is 3.27. The van der Waals surface area contributed by atoms with E-state index in [1.54, 1.807) is 7.11 Å². The number of likely N-dealkylation sites (tertiary alicyclic amines) is 1. The Morgan fingerprint density at radius 2 is 1.95 bits per heavy atom. The van der Waals surface area contributed by atoms with Gasteiger partial charge in [0.1, 0.15) is 5.54 Å². The summed E-state index contributed by atoms with van der Waals surface area (Å²) >= 11 is 0. The Kier molecular flexibility index (Phi) is 4.81. The van der Waals surface area contributed by atoms with E-state index in [-0.39, 0.29) is 5.97 Å². The SMILES string of the molecule is COC(=O)C1(N)CCCC(N2CCC(OC)CC2)C1. The molecule has 0 spiro atoms. The van der Waals surface area contributed by atoms with Crippen molar-refractivity contribution in [2.45, 2.75) is 56.2 Å². The molecule has 2 N–H and O–H groups in total. The number of rotatable bonds is 3. The fourth-order valence-corrected chi connectivity index (χ4v) is 3.45. The first-order valence-electron chi connectivity index (χ1n) is 7.23. The maximum absolute atomic E-state index is 11.8. The number of hydrogen-bond acceptors (Lipinski definition) is 5. The van der Waals surface area contributed by atoms with Crippen LogP contribution in [0.4, 0.5) is 0 Å². The van der Waals surface area contributed by atoms with Gasteiger partial charge in [-0.05, 0) is 38.5 Å². The summed E-state index contributed by atoms with van der Waals surface area (Å²) in [5, 5.41) is 0. The van der Waals surface area contributed by atoms with Crippen molar-refractivity contribution >= 4 is 5.97 Å². The highest BCUT2D eigenvalue weighted by molar-refractivity contribution is 5.80. The number of nitrogens with two attached hydrogens (primary N) is 1. The number of nitrogens with zero attached hydrogens (tertiary/aromatic N) is 1. The molecule has 19 heavy (non-hydrogen) atoms. The fraction of sp³-hybridized carbons (Fsp3) is 0.929. The van der Waals surface area contributed by atoms with Gasteiger partial charge < -0.3 is 20.1 Å². The van der Waals surface area contributed by atoms with Gasteiger partial charge in [0.15, 0.2) is 0 Å². The van der Waals surface area contributed by atoms with Crippen molar-refractivity contribution in [2.24, 2.45) is 5.73 Å². The zero-order valence-electron chi connectivity index (χ0n) is 12.1. The lowest BCUT2D eigenvalue weighted by Crippen LogP contribution is -2.57. The molecule has 2 unspecified atom stereocenters. The van der Waals surface area contributed by atoms with E-state index in [4.69, 9.17) is 15.2 Å². The molecule has 1 heterocycles. The van der Waals surface area contributed by atoms with Crippen LogP contribution in [0.3, 0.4) is 0 Å². The maximum atomic E-state index is 11.8. The van der Waals surface area contributed by atoms with Gasteiger partial charge in [-0.15, -0.1) is 0 Å². The van der Waals surface area contributed by atoms with Crippen molar-refractivity contribution in [1.29, 1.82) is 0 Å². The van der Waals surface area contributed by atoms with Crippen LogP contribution in [0, 0.1) is 0 Å². The van der Waals surface area contributed by atoms with E-state index in [0.29, 0.717) is 12.1 Å². The van der Waals surface area contributed by atoms with Crippen molar-refractivity contribution in [3.05, 3.63) is 0 Å². The summed E-state index contributed by atoms with van der Waals surface area (Å²) < 4.78 is 10.3. The quantitative estimate of drug-likeness (QED) is 0.772. The van der Waals surface area contributed by atoms with Crippen LogP contribution in [0.1, 0.15) is 38.5 Å². The molecule has 0 aromatic rings. The molecule has 1 saturated carbocycles. The highest BCUT2D eigenvalue weighted by Gasteiger charge is 2.42. The molecular formula is C14H26N2O3. The van der Waals surface area contributed by atoms with Crippen LogP contribution in [0.5, 0.6) is 0 Å². The van der Waals surface area contributed by atoms with E-state index in [9.17, 15) is 4.79 Å². The highest BCUT2D eigenvalue weighted by atomic mass is 16.5. The smallest absolute Gasteiger partial charge is 0.325 e. The van der Waals surface area contributed by atoms with Gasteiger partial charge in [0.25, 0.3) is 0 Å². The summed E-state index contributed by atoms with van der Waals surface area (Å²) in [5.74, 6) is -0.260. The van der Waals surface area contributed by atoms with Gasteiger partial charge in [0.05, 0.1) is 13.2 Å². The average molecular weight is 270 g/mol. The van der Waals surface area contributed by atoms with Crippen molar-refractivity contribution in [1.82, 2.24) is 4.90 Å². The van der Waals surface area contributed by atoms with Crippen LogP contribution < -0.4 is 5.73 Å². The summed E-state index contributed by atoms with van der Waals surface area (Å²) in [5.41, 5.74) is 5.46. The summed E-state index contributed by atoms with van der Waals surface area (Å²) in [4.78, 5) is 14.3. The monoisotopic (exact) mass is 270 g/mol. The molecule has 0 bridgehead atoms. The predicted octanol–water partition coefficient (Wildman–Crippen LogP) is 0.910. The van der Waals surface area contributed by atoms with Crippen molar-refractivity contribution in [2.75, 3.05) is 27.3 Å². The number of esters is 1. The van der Waals surface area contributed by atoms with Crippen LogP contribution in [0.15, 0.2) is 0 Å². The lowest BCUT2D eigenvalue weighted by Gasteiger charge is -2.43. The number of carbonyl (C=O) groups excluding carboxylic acids is 1. The Morgan fingerprint density at radius 3 is 2.53 bits per heavy atom. The normalized spacial score (nSPS) is 34.2. The van der Waals surface area contributed by atoms with E-state index in [2.05, 4.69) is 4.90 Å². The lowest BCUT2D eigenvalue weighted by atomic mass is 9.78. The maximum Gasteiger partial charge on any atom is 0.325 e. The van der Waals surface area contributed by atoms with Crippen LogP contribution in [-0.2, 0) is 14.3 Å². The average Bonchev–Trinajstić information content (AvgIpc) is 2.46. The second-order valence-corrected chi connectivity index (χ2v) is 5.87. The number of piperidine rings is 1. The lowest BCUT2D eigenvalue weighted by molar-refractivity contribution is -0.149. The van der Waals surface area contributed by atoms with Gasteiger partial charge in [0.2, 0.25) is 0 Å². The molecule has 0 radical (unpaired) electrons. The van der Waals surface area contributed by atoms with Crippen LogP contribution >= 0.6 is 0 Å². The summed E-state index contributed by atoms with van der Waals surface area (Å²) in [6.45, 7) is 2.08. The minimum Gasteiger partial charge on any atom is -0.468 e.